The first-order chi connectivity index (χ1) is 14.1. The van der Waals surface area contributed by atoms with E-state index in [-0.39, 0.29) is 34.0 Å². The van der Waals surface area contributed by atoms with Gasteiger partial charge in [-0.25, -0.2) is 0 Å². The summed E-state index contributed by atoms with van der Waals surface area (Å²) < 4.78 is 2.23. The van der Waals surface area contributed by atoms with Gasteiger partial charge in [0.15, 0.2) is 0 Å². The van der Waals surface area contributed by atoms with Crippen LogP contribution in [0.25, 0.3) is 0 Å². The molecule has 0 amide bonds. The lowest BCUT2D eigenvalue weighted by molar-refractivity contribution is -0.870. The average molecular weight is 672 g/mol. The van der Waals surface area contributed by atoms with Crippen molar-refractivity contribution in [3.05, 3.63) is 0 Å². The Hall–Kier alpha value is 1.71. The van der Waals surface area contributed by atoms with Crippen molar-refractivity contribution in [3.8, 4) is 0 Å². The van der Waals surface area contributed by atoms with Crippen LogP contribution >= 0.6 is 28.6 Å². The van der Waals surface area contributed by atoms with Gasteiger partial charge in [0.2, 0.25) is 0 Å². The fourth-order valence-corrected chi connectivity index (χ4v) is 4.12. The monoisotopic (exact) mass is 668 g/mol. The third-order valence-corrected chi connectivity index (χ3v) is 6.33. The lowest BCUT2D eigenvalue weighted by atomic mass is 10.1. The number of nitrogens with zero attached hydrogens (tertiary/aromatic N) is 2. The molecule has 0 aromatic rings. The maximum atomic E-state index is 4.22. The molecule has 0 spiro atoms. The molecule has 0 aliphatic rings. The topological polar surface area (TPSA) is 0 Å². The van der Waals surface area contributed by atoms with Crippen molar-refractivity contribution in [2.24, 2.45) is 0 Å². The summed E-state index contributed by atoms with van der Waals surface area (Å²) >= 11 is 7.69. The summed E-state index contributed by atoms with van der Waals surface area (Å²) in [5.74, 6) is 1.06. The zero-order chi connectivity index (χ0) is 23.1. The van der Waals surface area contributed by atoms with Crippen LogP contribution in [0.4, 0.5) is 0 Å². The quantitative estimate of drug-likeness (QED) is 0.0872. The lowest BCUT2D eigenvalue weighted by Gasteiger charge is -2.23. The highest BCUT2D eigenvalue weighted by atomic mass is 79.9. The van der Waals surface area contributed by atoms with Crippen LogP contribution in [0.2, 0.25) is 0 Å². The number of hydrogen-bond acceptors (Lipinski definition) is 1. The molecule has 200 valence electrons. The smallest absolute Gasteiger partial charge is 0.0780 e. The molecule has 0 atom stereocenters. The molecule has 0 heterocycles. The number of alkyl halides is 1. The van der Waals surface area contributed by atoms with Crippen LogP contribution < -0.4 is 34.0 Å². The lowest BCUT2D eigenvalue weighted by Crippen LogP contribution is -3.00. The molecule has 0 aromatic heterocycles. The van der Waals surface area contributed by atoms with Crippen molar-refractivity contribution in [1.82, 2.24) is 0 Å². The van der Waals surface area contributed by atoms with Gasteiger partial charge < -0.3 is 42.9 Å². The Bertz CT molecular complexity index is 300. The highest BCUT2D eigenvalue weighted by molar-refractivity contribution is 9.09. The Morgan fingerprint density at radius 3 is 0.938 bits per heavy atom. The molecule has 0 rings (SSSR count). The van der Waals surface area contributed by atoms with E-state index in [1.54, 1.807) is 0 Å². The Morgan fingerprint density at radius 1 is 0.438 bits per heavy atom. The van der Waals surface area contributed by atoms with Gasteiger partial charge >= 0.3 is 0 Å². The van der Waals surface area contributed by atoms with E-state index in [1.807, 2.05) is 0 Å². The molecule has 0 fully saturated rings. The normalized spacial score (nSPS) is 11.2. The molecule has 6 heteroatoms. The van der Waals surface area contributed by atoms with Crippen LogP contribution in [0.5, 0.6) is 0 Å². The molecule has 32 heavy (non-hydrogen) atoms. The Morgan fingerprint density at radius 2 is 0.688 bits per heavy atom. The molecule has 0 saturated carbocycles. The summed E-state index contributed by atoms with van der Waals surface area (Å²) in [6, 6.07) is 0. The second kappa shape index (κ2) is 28.9. The van der Waals surface area contributed by atoms with Gasteiger partial charge in [-0.1, -0.05) is 80.1 Å². The first kappa shape index (κ1) is 40.9. The zero-order valence-corrected chi connectivity index (χ0v) is 28.3. The molecule has 0 radical (unpaired) electrons. The van der Waals surface area contributed by atoms with Crippen molar-refractivity contribution in [1.29, 1.82) is 0 Å². The second-order valence-corrected chi connectivity index (χ2v) is 12.3. The number of hydrogen-bond donors (Lipinski definition) is 1. The van der Waals surface area contributed by atoms with E-state index in [0.717, 1.165) is 14.7 Å². The van der Waals surface area contributed by atoms with Crippen molar-refractivity contribution >= 4 is 28.6 Å². The first-order valence-corrected chi connectivity index (χ1v) is 14.7. The maximum Gasteiger partial charge on any atom is 0.0780 e. The van der Waals surface area contributed by atoms with E-state index in [0.29, 0.717) is 0 Å². The summed E-state index contributed by atoms with van der Waals surface area (Å²) in [5.41, 5.74) is 0. The number of rotatable bonds is 20. The van der Waals surface area contributed by atoms with Crippen LogP contribution in [0, 0.1) is 0 Å². The first-order valence-electron chi connectivity index (χ1n) is 12.9. The van der Waals surface area contributed by atoms with Gasteiger partial charge in [0.05, 0.1) is 55.4 Å². The van der Waals surface area contributed by atoms with Crippen molar-refractivity contribution in [3.63, 3.8) is 0 Å². The van der Waals surface area contributed by atoms with Gasteiger partial charge in [-0.3, -0.25) is 0 Å². The molecule has 0 aromatic carbocycles. The van der Waals surface area contributed by atoms with Gasteiger partial charge in [0.25, 0.3) is 0 Å². The molecule has 0 unspecified atom stereocenters. The van der Waals surface area contributed by atoms with E-state index >= 15 is 0 Å². The van der Waals surface area contributed by atoms with Crippen molar-refractivity contribution in [2.45, 2.75) is 103 Å². The highest BCUT2D eigenvalue weighted by Crippen LogP contribution is 2.11. The molecule has 2 nitrogen and oxygen atoms in total. The third-order valence-electron chi connectivity index (χ3n) is 5.45. The fourth-order valence-electron chi connectivity index (χ4n) is 3.50. The molecule has 0 aliphatic heterocycles. The van der Waals surface area contributed by atoms with E-state index < -0.39 is 0 Å². The van der Waals surface area contributed by atoms with Gasteiger partial charge in [-0.05, 0) is 44.3 Å². The Balaban J connectivity index is -0.000000231. The van der Waals surface area contributed by atoms with Crippen LogP contribution in [-0.4, -0.2) is 75.4 Å². The van der Waals surface area contributed by atoms with Crippen molar-refractivity contribution in [2.75, 3.05) is 66.5 Å². The molecule has 0 bridgehead atoms. The number of quaternary nitrogens is 2. The summed E-state index contributed by atoms with van der Waals surface area (Å²) in [6.07, 6.45) is 22.5. The third kappa shape index (κ3) is 45.2. The van der Waals surface area contributed by atoms with E-state index in [1.165, 1.54) is 121 Å². The SMILES string of the molecule is C[N+](C)(C)CCCCCCCCCCBr.C[N+](C)(C)CCCCCCCCCCS.[Br-].[Br-]. The molecule has 0 saturated heterocycles. The standard InChI is InChI=1S/C13H29BrN.C13H29NS.2BrH/c1-15(2,3)13-11-9-7-5-4-6-8-10-12-14;1-14(2,3)12-10-8-6-4-5-7-9-11-13-15;;/h2*4-13H2,1-3H3;2*1H/q+1;;;/p-1. The Kier molecular flexibility index (Phi) is 37.0. The van der Waals surface area contributed by atoms with Gasteiger partial charge in [0, 0.05) is 5.33 Å². The Labute approximate surface area is 239 Å². The number of halogens is 3. The second-order valence-electron chi connectivity index (χ2n) is 11.1. The van der Waals surface area contributed by atoms with Crippen LogP contribution in [-0.2, 0) is 0 Å². The minimum Gasteiger partial charge on any atom is -1.00 e. The largest absolute Gasteiger partial charge is 1.00 e. The van der Waals surface area contributed by atoms with E-state index in [4.69, 9.17) is 0 Å². The van der Waals surface area contributed by atoms with Crippen LogP contribution in [0.1, 0.15) is 103 Å². The minimum absolute atomic E-state index is 0. The molecular weight excluding hydrogens is 612 g/mol. The van der Waals surface area contributed by atoms with E-state index in [2.05, 4.69) is 70.8 Å². The minimum atomic E-state index is 0. The summed E-state index contributed by atoms with van der Waals surface area (Å²) in [5, 5.41) is 1.18. The number of unbranched alkanes of at least 4 members (excludes halogenated alkanes) is 14. The molecular formula is C26H59Br3N2S. The fraction of sp³-hybridized carbons (Fsp3) is 1.00. The van der Waals surface area contributed by atoms with Gasteiger partial charge in [-0.15, -0.1) is 0 Å². The van der Waals surface area contributed by atoms with Crippen molar-refractivity contribution < 1.29 is 42.9 Å². The van der Waals surface area contributed by atoms with Gasteiger partial charge in [-0.2, -0.15) is 12.6 Å². The predicted octanol–water partition coefficient (Wildman–Crippen LogP) is 1.96. The predicted molar refractivity (Wildman–Crippen MR) is 147 cm³/mol. The van der Waals surface area contributed by atoms with Gasteiger partial charge in [0.1, 0.15) is 0 Å². The molecule has 0 aliphatic carbocycles. The highest BCUT2D eigenvalue weighted by Gasteiger charge is 2.05. The van der Waals surface area contributed by atoms with E-state index in [9.17, 15) is 0 Å². The number of thiol groups is 1. The van der Waals surface area contributed by atoms with Crippen LogP contribution in [0.3, 0.4) is 0 Å². The average Bonchev–Trinajstić information content (AvgIpc) is 2.64. The summed E-state index contributed by atoms with van der Waals surface area (Å²) in [6.45, 7) is 2.64. The maximum absolute atomic E-state index is 4.22. The molecule has 0 N–H and O–H groups in total. The summed E-state index contributed by atoms with van der Waals surface area (Å²) in [4.78, 5) is 0. The van der Waals surface area contributed by atoms with Crippen LogP contribution in [0.15, 0.2) is 0 Å². The zero-order valence-electron chi connectivity index (χ0n) is 22.6. The summed E-state index contributed by atoms with van der Waals surface area (Å²) in [7, 11) is 13.7.